The number of para-hydroxylation sites is 1. The lowest BCUT2D eigenvalue weighted by molar-refractivity contribution is 0.0947. The predicted octanol–water partition coefficient (Wildman–Crippen LogP) is 4.09. The van der Waals surface area contributed by atoms with Crippen LogP contribution in [0.3, 0.4) is 0 Å². The normalized spacial score (nSPS) is 14.2. The average Bonchev–Trinajstić information content (AvgIpc) is 3.35. The molecule has 0 radical (unpaired) electrons. The maximum Gasteiger partial charge on any atom is 0.255 e. The first-order valence-corrected chi connectivity index (χ1v) is 9.07. The SMILES string of the molecule is CCCc1c(C(=O)NCC(C)C)c(C2CC2)nn1-c1ccccc1. The van der Waals surface area contributed by atoms with Gasteiger partial charge in [0.25, 0.3) is 5.91 Å². The maximum atomic E-state index is 12.9. The summed E-state index contributed by atoms with van der Waals surface area (Å²) in [7, 11) is 0. The summed E-state index contributed by atoms with van der Waals surface area (Å²) in [5.41, 5.74) is 3.89. The van der Waals surface area contributed by atoms with Crippen molar-refractivity contribution in [1.82, 2.24) is 15.1 Å². The molecule has 1 aromatic carbocycles. The van der Waals surface area contributed by atoms with Crippen LogP contribution in [0, 0.1) is 5.92 Å². The van der Waals surface area contributed by atoms with Gasteiger partial charge in [-0.25, -0.2) is 4.68 Å². The second-order valence-electron chi connectivity index (χ2n) is 7.08. The Morgan fingerprint density at radius 3 is 2.58 bits per heavy atom. The Morgan fingerprint density at radius 2 is 2.00 bits per heavy atom. The zero-order chi connectivity index (χ0) is 17.1. The van der Waals surface area contributed by atoms with Gasteiger partial charge < -0.3 is 5.32 Å². The Kier molecular flexibility index (Phi) is 5.03. The van der Waals surface area contributed by atoms with E-state index in [0.29, 0.717) is 18.4 Å². The molecule has 24 heavy (non-hydrogen) atoms. The largest absolute Gasteiger partial charge is 0.352 e. The molecule has 0 saturated heterocycles. The molecule has 0 atom stereocenters. The molecule has 0 bridgehead atoms. The van der Waals surface area contributed by atoms with Crippen molar-refractivity contribution in [3.63, 3.8) is 0 Å². The fraction of sp³-hybridized carbons (Fsp3) is 0.500. The molecule has 128 valence electrons. The van der Waals surface area contributed by atoms with Gasteiger partial charge in [-0.05, 0) is 37.3 Å². The summed E-state index contributed by atoms with van der Waals surface area (Å²) in [5, 5.41) is 7.96. The number of carbonyl (C=O) groups excluding carboxylic acids is 1. The van der Waals surface area contributed by atoms with Gasteiger partial charge >= 0.3 is 0 Å². The summed E-state index contributed by atoms with van der Waals surface area (Å²) < 4.78 is 1.99. The van der Waals surface area contributed by atoms with Crippen LogP contribution in [0.15, 0.2) is 30.3 Å². The number of benzene rings is 1. The lowest BCUT2D eigenvalue weighted by Crippen LogP contribution is -2.28. The zero-order valence-electron chi connectivity index (χ0n) is 14.9. The van der Waals surface area contributed by atoms with E-state index < -0.39 is 0 Å². The summed E-state index contributed by atoms with van der Waals surface area (Å²) >= 11 is 0. The highest BCUT2D eigenvalue weighted by Gasteiger charge is 2.34. The molecule has 0 spiro atoms. The minimum absolute atomic E-state index is 0.0382. The van der Waals surface area contributed by atoms with E-state index in [2.05, 4.69) is 38.2 Å². The van der Waals surface area contributed by atoms with Crippen molar-refractivity contribution >= 4 is 5.91 Å². The van der Waals surface area contributed by atoms with E-state index in [0.717, 1.165) is 48.3 Å². The molecule has 1 saturated carbocycles. The molecule has 0 unspecified atom stereocenters. The van der Waals surface area contributed by atoms with Crippen molar-refractivity contribution in [1.29, 1.82) is 0 Å². The van der Waals surface area contributed by atoms with Gasteiger partial charge in [-0.15, -0.1) is 0 Å². The first-order valence-electron chi connectivity index (χ1n) is 9.07. The van der Waals surface area contributed by atoms with Crippen LogP contribution in [-0.4, -0.2) is 22.2 Å². The van der Waals surface area contributed by atoms with Gasteiger partial charge in [0.1, 0.15) is 0 Å². The number of hydrogen-bond donors (Lipinski definition) is 1. The van der Waals surface area contributed by atoms with Crippen LogP contribution in [0.1, 0.15) is 67.7 Å². The minimum atomic E-state index is 0.0382. The fourth-order valence-electron chi connectivity index (χ4n) is 3.00. The smallest absolute Gasteiger partial charge is 0.255 e. The number of nitrogens with zero attached hydrogens (tertiary/aromatic N) is 2. The van der Waals surface area contributed by atoms with Crippen molar-refractivity contribution in [3.8, 4) is 5.69 Å². The molecular weight excluding hydrogens is 298 g/mol. The van der Waals surface area contributed by atoms with E-state index in [4.69, 9.17) is 5.10 Å². The third-order valence-electron chi connectivity index (χ3n) is 4.36. The van der Waals surface area contributed by atoms with Crippen LogP contribution in [0.5, 0.6) is 0 Å². The number of nitrogens with one attached hydrogen (secondary N) is 1. The number of aromatic nitrogens is 2. The van der Waals surface area contributed by atoms with Gasteiger partial charge in [-0.1, -0.05) is 45.4 Å². The molecule has 2 aromatic rings. The summed E-state index contributed by atoms with van der Waals surface area (Å²) in [6.07, 6.45) is 4.13. The summed E-state index contributed by atoms with van der Waals surface area (Å²) in [4.78, 5) is 12.9. The molecule has 1 N–H and O–H groups in total. The molecule has 0 aliphatic heterocycles. The molecule has 1 aliphatic rings. The second kappa shape index (κ2) is 7.20. The van der Waals surface area contributed by atoms with Crippen LogP contribution in [-0.2, 0) is 6.42 Å². The summed E-state index contributed by atoms with van der Waals surface area (Å²) in [5.74, 6) is 0.929. The molecule has 1 amide bonds. The number of hydrogen-bond acceptors (Lipinski definition) is 2. The Hall–Kier alpha value is -2.10. The molecule has 1 heterocycles. The van der Waals surface area contributed by atoms with Crippen molar-refractivity contribution in [2.75, 3.05) is 6.54 Å². The molecular formula is C20H27N3O. The quantitative estimate of drug-likeness (QED) is 0.833. The minimum Gasteiger partial charge on any atom is -0.352 e. The van der Waals surface area contributed by atoms with E-state index in [1.165, 1.54) is 0 Å². The van der Waals surface area contributed by atoms with Crippen LogP contribution in [0.4, 0.5) is 0 Å². The van der Waals surface area contributed by atoms with E-state index >= 15 is 0 Å². The van der Waals surface area contributed by atoms with Crippen molar-refractivity contribution in [2.45, 2.75) is 52.4 Å². The average molecular weight is 325 g/mol. The fourth-order valence-corrected chi connectivity index (χ4v) is 3.00. The highest BCUT2D eigenvalue weighted by atomic mass is 16.1. The van der Waals surface area contributed by atoms with Gasteiger partial charge in [0.05, 0.1) is 22.6 Å². The molecule has 1 aliphatic carbocycles. The first-order chi connectivity index (χ1) is 11.6. The highest BCUT2D eigenvalue weighted by molar-refractivity contribution is 5.97. The second-order valence-corrected chi connectivity index (χ2v) is 7.08. The first kappa shape index (κ1) is 16.7. The van der Waals surface area contributed by atoms with Gasteiger partial charge in [0.2, 0.25) is 0 Å². The molecule has 4 heteroatoms. The number of amides is 1. The Morgan fingerprint density at radius 1 is 1.29 bits per heavy atom. The third-order valence-corrected chi connectivity index (χ3v) is 4.36. The monoisotopic (exact) mass is 325 g/mol. The maximum absolute atomic E-state index is 12.9. The number of rotatable bonds is 7. The number of carbonyl (C=O) groups is 1. The van der Waals surface area contributed by atoms with Crippen LogP contribution >= 0.6 is 0 Å². The lowest BCUT2D eigenvalue weighted by atomic mass is 10.1. The molecule has 3 rings (SSSR count). The van der Waals surface area contributed by atoms with Gasteiger partial charge in [0, 0.05) is 12.5 Å². The Labute approximate surface area is 144 Å². The highest BCUT2D eigenvalue weighted by Crippen LogP contribution is 2.42. The predicted molar refractivity (Wildman–Crippen MR) is 96.7 cm³/mol. The summed E-state index contributed by atoms with van der Waals surface area (Å²) in [6, 6.07) is 10.1. The van der Waals surface area contributed by atoms with Gasteiger partial charge in [0.15, 0.2) is 0 Å². The van der Waals surface area contributed by atoms with Crippen LogP contribution in [0.2, 0.25) is 0 Å². The molecule has 1 aromatic heterocycles. The topological polar surface area (TPSA) is 46.9 Å². The zero-order valence-corrected chi connectivity index (χ0v) is 14.9. The standard InChI is InChI=1S/C20H27N3O/c1-4-8-17-18(20(24)21-13-14(2)3)19(15-11-12-15)22-23(17)16-9-6-5-7-10-16/h5-7,9-10,14-15H,4,8,11-13H2,1-3H3,(H,21,24). The Bertz CT molecular complexity index is 699. The lowest BCUT2D eigenvalue weighted by Gasteiger charge is -2.11. The van der Waals surface area contributed by atoms with Gasteiger partial charge in [-0.2, -0.15) is 5.10 Å². The Balaban J connectivity index is 2.04. The van der Waals surface area contributed by atoms with E-state index in [9.17, 15) is 4.79 Å². The van der Waals surface area contributed by atoms with Gasteiger partial charge in [-0.3, -0.25) is 4.79 Å². The molecule has 4 nitrogen and oxygen atoms in total. The van der Waals surface area contributed by atoms with Crippen molar-refractivity contribution < 1.29 is 4.79 Å². The molecule has 1 fully saturated rings. The van der Waals surface area contributed by atoms with Crippen LogP contribution in [0.25, 0.3) is 5.69 Å². The van der Waals surface area contributed by atoms with E-state index in [1.807, 2.05) is 22.9 Å². The van der Waals surface area contributed by atoms with E-state index in [1.54, 1.807) is 0 Å². The van der Waals surface area contributed by atoms with Crippen molar-refractivity contribution in [3.05, 3.63) is 47.3 Å². The summed E-state index contributed by atoms with van der Waals surface area (Å²) in [6.45, 7) is 7.07. The van der Waals surface area contributed by atoms with Crippen molar-refractivity contribution in [2.24, 2.45) is 5.92 Å². The van der Waals surface area contributed by atoms with Crippen LogP contribution < -0.4 is 5.32 Å². The van der Waals surface area contributed by atoms with E-state index in [-0.39, 0.29) is 5.91 Å². The third kappa shape index (κ3) is 3.53.